The molecule has 1 fully saturated rings. The molecule has 1 amide bonds. The number of carbonyl (C=O) groups excluding carboxylic acids is 1. The number of nitrogens with one attached hydrogen (secondary N) is 1. The molecule has 4 rings (SSSR count). The van der Waals surface area contributed by atoms with Crippen molar-refractivity contribution in [2.24, 2.45) is 28.8 Å². The van der Waals surface area contributed by atoms with Crippen LogP contribution in [-0.2, 0) is 24.9 Å². The Morgan fingerprint density at radius 3 is 2.68 bits per heavy atom. The van der Waals surface area contributed by atoms with Crippen molar-refractivity contribution in [3.63, 3.8) is 0 Å². The Balaban J connectivity index is 1.53. The maximum absolute atomic E-state index is 12.9. The Morgan fingerprint density at radius 1 is 1.29 bits per heavy atom. The van der Waals surface area contributed by atoms with Gasteiger partial charge in [0, 0.05) is 31.5 Å². The molecule has 3 heterocycles. The smallest absolute Gasteiger partial charge is 0.330 e. The number of hydrogen-bond acceptors (Lipinski definition) is 4. The fourth-order valence-corrected chi connectivity index (χ4v) is 5.40. The van der Waals surface area contributed by atoms with Crippen molar-refractivity contribution >= 4 is 12.0 Å². The van der Waals surface area contributed by atoms with Gasteiger partial charge < -0.3 is 5.32 Å². The second kappa shape index (κ2) is 8.86. The first-order valence-electron chi connectivity index (χ1n) is 12.5. The average molecular weight is 469 g/mol. The van der Waals surface area contributed by atoms with E-state index in [-0.39, 0.29) is 41.1 Å². The van der Waals surface area contributed by atoms with Crippen LogP contribution in [0.4, 0.5) is 0 Å². The molecule has 186 valence electrons. The van der Waals surface area contributed by atoms with Crippen LogP contribution in [0.1, 0.15) is 66.0 Å². The number of fused-ring (bicyclic) bond motifs is 1. The van der Waals surface area contributed by atoms with E-state index in [4.69, 9.17) is 4.99 Å². The molecule has 1 aliphatic heterocycles. The third-order valence-electron chi connectivity index (χ3n) is 7.57. The largest absolute Gasteiger partial charge is 0.351 e. The van der Waals surface area contributed by atoms with Crippen molar-refractivity contribution in [3.8, 4) is 0 Å². The van der Waals surface area contributed by atoms with E-state index in [1.54, 1.807) is 15.4 Å². The highest BCUT2D eigenvalue weighted by molar-refractivity contribution is 5.76. The van der Waals surface area contributed by atoms with Crippen LogP contribution in [0.3, 0.4) is 0 Å². The molecule has 2 aliphatic rings. The second-order valence-corrected chi connectivity index (χ2v) is 12.1. The lowest BCUT2D eigenvalue weighted by atomic mass is 9.67. The summed E-state index contributed by atoms with van der Waals surface area (Å²) in [6.45, 7) is 13.8. The van der Waals surface area contributed by atoms with Crippen LogP contribution in [0.15, 0.2) is 22.1 Å². The number of hydrogen-bond donors (Lipinski definition) is 1. The van der Waals surface area contributed by atoms with Crippen molar-refractivity contribution < 1.29 is 4.79 Å². The fraction of sp³-hybridized carbons (Fsp3) is 0.692. The van der Waals surface area contributed by atoms with Crippen molar-refractivity contribution in [1.82, 2.24) is 24.2 Å². The van der Waals surface area contributed by atoms with Crippen LogP contribution in [0.5, 0.6) is 0 Å². The van der Waals surface area contributed by atoms with Crippen LogP contribution in [0, 0.1) is 23.7 Å². The number of amides is 1. The molecule has 0 radical (unpaired) electrons. The molecule has 34 heavy (non-hydrogen) atoms. The molecule has 1 saturated carbocycles. The quantitative estimate of drug-likeness (QED) is 0.727. The summed E-state index contributed by atoms with van der Waals surface area (Å²) in [5.41, 5.74) is 1.82. The Bertz CT molecular complexity index is 1240. The third-order valence-corrected chi connectivity index (χ3v) is 7.57. The molecular weight excluding hydrogens is 428 g/mol. The standard InChI is InChI=1S/C26H40N6O2/c1-17-11-13-27-32(17)15-22(33)29-21-14-18(10-12-26(21,5)6)19-8-9-20-23(28-19)30(7)24(34)31(20)16-25(2,3)4/h9,11,13,18-19,21H,8,10,12,14-16H2,1-7H3,(H,29,33). The Labute approximate surface area is 201 Å². The summed E-state index contributed by atoms with van der Waals surface area (Å²) < 4.78 is 5.31. The SMILES string of the molecule is Cc1ccnn1CC(=O)NC1CC(C2CC=c3c(n(C)c(=O)n3CC(C)(C)C)=N2)CCC1(C)C. The summed E-state index contributed by atoms with van der Waals surface area (Å²) in [7, 11) is 1.82. The van der Waals surface area contributed by atoms with Crippen LogP contribution >= 0.6 is 0 Å². The number of aromatic nitrogens is 4. The van der Waals surface area contributed by atoms with E-state index in [9.17, 15) is 9.59 Å². The van der Waals surface area contributed by atoms with E-state index >= 15 is 0 Å². The Morgan fingerprint density at radius 2 is 2.03 bits per heavy atom. The predicted octanol–water partition coefficient (Wildman–Crippen LogP) is 1.92. The van der Waals surface area contributed by atoms with Crippen LogP contribution in [-0.4, -0.2) is 36.9 Å². The van der Waals surface area contributed by atoms with Gasteiger partial charge >= 0.3 is 5.69 Å². The van der Waals surface area contributed by atoms with Gasteiger partial charge in [-0.25, -0.2) is 4.79 Å². The molecule has 0 saturated heterocycles. The molecule has 2 aromatic rings. The van der Waals surface area contributed by atoms with E-state index in [0.717, 1.165) is 42.2 Å². The number of imidazole rings is 1. The van der Waals surface area contributed by atoms with Gasteiger partial charge in [0.05, 0.1) is 11.4 Å². The van der Waals surface area contributed by atoms with Crippen LogP contribution < -0.4 is 21.8 Å². The average Bonchev–Trinajstić information content (AvgIpc) is 3.24. The molecule has 3 atom stereocenters. The van der Waals surface area contributed by atoms with E-state index in [1.165, 1.54) is 0 Å². The highest BCUT2D eigenvalue weighted by Gasteiger charge is 2.40. The normalized spacial score (nSPS) is 24.1. The minimum Gasteiger partial charge on any atom is -0.351 e. The van der Waals surface area contributed by atoms with Gasteiger partial charge in [-0.1, -0.05) is 40.7 Å². The Hall–Kier alpha value is -2.64. The minimum absolute atomic E-state index is 0.00149. The van der Waals surface area contributed by atoms with Crippen LogP contribution in [0.2, 0.25) is 0 Å². The molecule has 0 bridgehead atoms. The van der Waals surface area contributed by atoms with Gasteiger partial charge in [0.1, 0.15) is 6.54 Å². The first kappa shape index (κ1) is 24.5. The van der Waals surface area contributed by atoms with E-state index in [0.29, 0.717) is 12.5 Å². The molecule has 3 unspecified atom stereocenters. The van der Waals surface area contributed by atoms with Crippen molar-refractivity contribution in [2.75, 3.05) is 0 Å². The molecular formula is C26H40N6O2. The molecule has 8 nitrogen and oxygen atoms in total. The van der Waals surface area contributed by atoms with Gasteiger partial charge in [0.25, 0.3) is 0 Å². The second-order valence-electron chi connectivity index (χ2n) is 12.1. The van der Waals surface area contributed by atoms with Gasteiger partial charge in [-0.3, -0.25) is 23.6 Å². The minimum atomic E-state index is 0.00149. The topological polar surface area (TPSA) is 86.2 Å². The van der Waals surface area contributed by atoms with E-state index < -0.39 is 0 Å². The number of rotatable bonds is 5. The lowest BCUT2D eigenvalue weighted by molar-refractivity contribution is -0.124. The molecule has 8 heteroatoms. The van der Waals surface area contributed by atoms with Gasteiger partial charge in [-0.15, -0.1) is 0 Å². The van der Waals surface area contributed by atoms with Crippen molar-refractivity contribution in [1.29, 1.82) is 0 Å². The fourth-order valence-electron chi connectivity index (χ4n) is 5.40. The summed E-state index contributed by atoms with van der Waals surface area (Å²) in [5.74, 6) is 0.372. The first-order valence-corrected chi connectivity index (χ1v) is 12.5. The third kappa shape index (κ3) is 4.91. The zero-order valence-electron chi connectivity index (χ0n) is 21.8. The predicted molar refractivity (Wildman–Crippen MR) is 133 cm³/mol. The molecule has 0 spiro atoms. The van der Waals surface area contributed by atoms with E-state index in [2.05, 4.69) is 51.1 Å². The first-order chi connectivity index (χ1) is 15.9. The highest BCUT2D eigenvalue weighted by atomic mass is 16.2. The van der Waals surface area contributed by atoms with E-state index in [1.807, 2.05) is 24.6 Å². The van der Waals surface area contributed by atoms with Crippen molar-refractivity contribution in [3.05, 3.63) is 39.3 Å². The monoisotopic (exact) mass is 468 g/mol. The summed E-state index contributed by atoms with van der Waals surface area (Å²) in [6, 6.07) is 2.12. The zero-order chi connectivity index (χ0) is 24.8. The van der Waals surface area contributed by atoms with Gasteiger partial charge in [0.2, 0.25) is 5.91 Å². The van der Waals surface area contributed by atoms with Gasteiger partial charge in [0.15, 0.2) is 5.49 Å². The van der Waals surface area contributed by atoms with Crippen LogP contribution in [0.25, 0.3) is 6.08 Å². The van der Waals surface area contributed by atoms with Gasteiger partial charge in [-0.2, -0.15) is 5.10 Å². The number of nitrogens with zero attached hydrogens (tertiary/aromatic N) is 5. The number of carbonyl (C=O) groups is 1. The summed E-state index contributed by atoms with van der Waals surface area (Å²) in [6.07, 6.45) is 7.76. The van der Waals surface area contributed by atoms with Gasteiger partial charge in [-0.05, 0) is 55.4 Å². The highest BCUT2D eigenvalue weighted by Crippen LogP contribution is 2.41. The summed E-state index contributed by atoms with van der Waals surface area (Å²) >= 11 is 0. The van der Waals surface area contributed by atoms with Crippen molar-refractivity contribution in [2.45, 2.75) is 92.4 Å². The summed E-state index contributed by atoms with van der Waals surface area (Å²) in [4.78, 5) is 30.8. The lowest BCUT2D eigenvalue weighted by Gasteiger charge is -2.44. The molecule has 2 aromatic heterocycles. The molecule has 1 N–H and O–H groups in total. The maximum Gasteiger partial charge on any atom is 0.330 e. The number of aryl methyl sites for hydroxylation is 1. The zero-order valence-corrected chi connectivity index (χ0v) is 21.8. The maximum atomic E-state index is 12.9. The Kier molecular flexibility index (Phi) is 6.38. The lowest BCUT2D eigenvalue weighted by Crippen LogP contribution is -2.51. The molecule has 1 aliphatic carbocycles. The molecule has 0 aromatic carbocycles. The summed E-state index contributed by atoms with van der Waals surface area (Å²) in [5, 5.41) is 8.50.